The topological polar surface area (TPSA) is 32.3 Å². The van der Waals surface area contributed by atoms with Crippen molar-refractivity contribution in [1.29, 1.82) is 0 Å². The maximum absolute atomic E-state index is 9.36. The maximum Gasteiger partial charge on any atom is 0.0584 e. The molecule has 0 spiro atoms. The molecule has 2 aromatic rings. The number of nitrogens with one attached hydrogen (secondary N) is 1. The molecule has 19 heavy (non-hydrogen) atoms. The number of fused-ring (bicyclic) bond motifs is 1. The number of hydrogen-bond acceptors (Lipinski definition) is 2. The van der Waals surface area contributed by atoms with Crippen LogP contribution in [0.1, 0.15) is 25.8 Å². The van der Waals surface area contributed by atoms with Crippen molar-refractivity contribution in [3.63, 3.8) is 0 Å². The molecule has 0 bridgehead atoms. The molecule has 2 heteroatoms. The minimum atomic E-state index is 0.187. The van der Waals surface area contributed by atoms with Crippen LogP contribution in [-0.4, -0.2) is 17.8 Å². The number of aliphatic hydroxyl groups excluding tert-OH is 1. The molecule has 1 unspecified atom stereocenters. The van der Waals surface area contributed by atoms with E-state index in [4.69, 9.17) is 0 Å². The second-order valence-electron chi connectivity index (χ2n) is 5.57. The molecule has 0 saturated carbocycles. The third-order valence-electron chi connectivity index (χ3n) is 3.39. The first-order valence-electron chi connectivity index (χ1n) is 7.01. The molecule has 0 aromatic heterocycles. The zero-order valence-corrected chi connectivity index (χ0v) is 11.8. The van der Waals surface area contributed by atoms with Gasteiger partial charge in [-0.2, -0.15) is 0 Å². The Balaban J connectivity index is 2.00. The van der Waals surface area contributed by atoms with Gasteiger partial charge in [-0.25, -0.2) is 0 Å². The van der Waals surface area contributed by atoms with E-state index in [1.807, 2.05) is 0 Å². The summed E-state index contributed by atoms with van der Waals surface area (Å²) in [5.41, 5.74) is 1.26. The minimum absolute atomic E-state index is 0.187. The van der Waals surface area contributed by atoms with Crippen molar-refractivity contribution in [3.8, 4) is 0 Å². The highest BCUT2D eigenvalue weighted by molar-refractivity contribution is 5.82. The van der Waals surface area contributed by atoms with Crippen LogP contribution in [-0.2, 0) is 6.54 Å². The van der Waals surface area contributed by atoms with Gasteiger partial charge in [0.1, 0.15) is 0 Å². The quantitative estimate of drug-likeness (QED) is 0.832. The first-order chi connectivity index (χ1) is 9.19. The van der Waals surface area contributed by atoms with Crippen LogP contribution in [0, 0.1) is 5.92 Å². The van der Waals surface area contributed by atoms with Gasteiger partial charge >= 0.3 is 0 Å². The highest BCUT2D eigenvalue weighted by atomic mass is 16.3. The van der Waals surface area contributed by atoms with Crippen LogP contribution in [0.5, 0.6) is 0 Å². The Kier molecular flexibility index (Phi) is 4.94. The lowest BCUT2D eigenvalue weighted by atomic mass is 10.0. The lowest BCUT2D eigenvalue weighted by Crippen LogP contribution is -2.33. The van der Waals surface area contributed by atoms with E-state index in [1.54, 1.807) is 0 Å². The van der Waals surface area contributed by atoms with Gasteiger partial charge in [0.15, 0.2) is 0 Å². The van der Waals surface area contributed by atoms with Crippen LogP contribution >= 0.6 is 0 Å². The van der Waals surface area contributed by atoms with Crippen molar-refractivity contribution in [1.82, 2.24) is 5.32 Å². The van der Waals surface area contributed by atoms with Crippen molar-refractivity contribution in [2.75, 3.05) is 6.61 Å². The Morgan fingerprint density at radius 3 is 2.47 bits per heavy atom. The average Bonchev–Trinajstić information content (AvgIpc) is 2.42. The number of rotatable bonds is 6. The Hall–Kier alpha value is -1.38. The zero-order valence-electron chi connectivity index (χ0n) is 11.8. The summed E-state index contributed by atoms with van der Waals surface area (Å²) in [6, 6.07) is 15.1. The van der Waals surface area contributed by atoms with E-state index in [1.165, 1.54) is 16.3 Å². The molecule has 0 aliphatic carbocycles. The summed E-state index contributed by atoms with van der Waals surface area (Å²) in [5, 5.41) is 15.3. The summed E-state index contributed by atoms with van der Waals surface area (Å²) in [5.74, 6) is 0.598. The molecular formula is C17H23NO. The van der Waals surface area contributed by atoms with Gasteiger partial charge in [0.05, 0.1) is 6.61 Å². The van der Waals surface area contributed by atoms with Gasteiger partial charge in [0.25, 0.3) is 0 Å². The number of aliphatic hydroxyl groups is 1. The molecule has 0 amide bonds. The average molecular weight is 257 g/mol. The fourth-order valence-electron chi connectivity index (χ4n) is 2.40. The second-order valence-corrected chi connectivity index (χ2v) is 5.57. The van der Waals surface area contributed by atoms with Crippen molar-refractivity contribution in [3.05, 3.63) is 48.0 Å². The fourth-order valence-corrected chi connectivity index (χ4v) is 2.40. The molecule has 2 aromatic carbocycles. The van der Waals surface area contributed by atoms with E-state index in [0.29, 0.717) is 5.92 Å². The van der Waals surface area contributed by atoms with E-state index < -0.39 is 0 Å². The Labute approximate surface area is 115 Å². The van der Waals surface area contributed by atoms with Crippen LogP contribution < -0.4 is 5.32 Å². The van der Waals surface area contributed by atoms with Crippen molar-refractivity contribution in [2.24, 2.45) is 5.92 Å². The van der Waals surface area contributed by atoms with Crippen LogP contribution in [0.15, 0.2) is 42.5 Å². The monoisotopic (exact) mass is 257 g/mol. The molecule has 2 nitrogen and oxygen atoms in total. The smallest absolute Gasteiger partial charge is 0.0584 e. The van der Waals surface area contributed by atoms with E-state index >= 15 is 0 Å². The maximum atomic E-state index is 9.36. The summed E-state index contributed by atoms with van der Waals surface area (Å²) < 4.78 is 0. The minimum Gasteiger partial charge on any atom is -0.395 e. The Morgan fingerprint density at radius 1 is 1.05 bits per heavy atom. The van der Waals surface area contributed by atoms with E-state index in [0.717, 1.165) is 13.0 Å². The molecular weight excluding hydrogens is 234 g/mol. The predicted octanol–water partition coefficient (Wildman–Crippen LogP) is 3.34. The van der Waals surface area contributed by atoms with Crippen molar-refractivity contribution in [2.45, 2.75) is 32.9 Å². The molecule has 0 saturated heterocycles. The van der Waals surface area contributed by atoms with Crippen molar-refractivity contribution >= 4 is 10.8 Å². The molecule has 2 rings (SSSR count). The van der Waals surface area contributed by atoms with E-state index in [2.05, 4.69) is 61.6 Å². The number of benzene rings is 2. The SMILES string of the molecule is CC(C)CC(CO)NCc1ccc2ccccc2c1. The summed E-state index contributed by atoms with van der Waals surface area (Å²) in [7, 11) is 0. The molecule has 2 N–H and O–H groups in total. The van der Waals surface area contributed by atoms with Gasteiger partial charge in [-0.05, 0) is 34.7 Å². The molecule has 1 atom stereocenters. The van der Waals surface area contributed by atoms with Crippen LogP contribution in [0.4, 0.5) is 0 Å². The van der Waals surface area contributed by atoms with Crippen LogP contribution in [0.3, 0.4) is 0 Å². The van der Waals surface area contributed by atoms with Gasteiger partial charge in [-0.3, -0.25) is 0 Å². The summed E-state index contributed by atoms with van der Waals surface area (Å²) >= 11 is 0. The standard InChI is InChI=1S/C17H23NO/c1-13(2)9-17(12-19)18-11-14-7-8-15-5-3-4-6-16(15)10-14/h3-8,10,13,17-19H,9,11-12H2,1-2H3. The Morgan fingerprint density at radius 2 is 1.79 bits per heavy atom. The highest BCUT2D eigenvalue weighted by Gasteiger charge is 2.08. The van der Waals surface area contributed by atoms with Crippen molar-refractivity contribution < 1.29 is 5.11 Å². The summed E-state index contributed by atoms with van der Waals surface area (Å²) in [6.07, 6.45) is 1.00. The fraction of sp³-hybridized carbons (Fsp3) is 0.412. The largest absolute Gasteiger partial charge is 0.395 e. The first kappa shape index (κ1) is 14.0. The third-order valence-corrected chi connectivity index (χ3v) is 3.39. The summed E-state index contributed by atoms with van der Waals surface area (Å²) in [4.78, 5) is 0. The molecule has 0 radical (unpaired) electrons. The lowest BCUT2D eigenvalue weighted by molar-refractivity contribution is 0.223. The van der Waals surface area contributed by atoms with Gasteiger partial charge in [-0.15, -0.1) is 0 Å². The summed E-state index contributed by atoms with van der Waals surface area (Å²) in [6.45, 7) is 5.37. The number of hydrogen-bond donors (Lipinski definition) is 2. The normalized spacial score (nSPS) is 13.1. The zero-order chi connectivity index (χ0) is 13.7. The predicted molar refractivity (Wildman–Crippen MR) is 81.1 cm³/mol. The Bertz CT molecular complexity index is 521. The lowest BCUT2D eigenvalue weighted by Gasteiger charge is -2.18. The van der Waals surface area contributed by atoms with E-state index in [-0.39, 0.29) is 12.6 Å². The van der Waals surface area contributed by atoms with Gasteiger partial charge in [-0.1, -0.05) is 50.2 Å². The van der Waals surface area contributed by atoms with Crippen LogP contribution in [0.25, 0.3) is 10.8 Å². The molecule has 0 heterocycles. The van der Waals surface area contributed by atoms with Gasteiger partial charge < -0.3 is 10.4 Å². The van der Waals surface area contributed by atoms with Gasteiger partial charge in [0.2, 0.25) is 0 Å². The molecule has 102 valence electrons. The van der Waals surface area contributed by atoms with E-state index in [9.17, 15) is 5.11 Å². The molecule has 0 aliphatic heterocycles. The third kappa shape index (κ3) is 4.05. The van der Waals surface area contributed by atoms with Gasteiger partial charge in [0, 0.05) is 12.6 Å². The van der Waals surface area contributed by atoms with Crippen LogP contribution in [0.2, 0.25) is 0 Å². The highest BCUT2D eigenvalue weighted by Crippen LogP contribution is 2.15. The first-order valence-corrected chi connectivity index (χ1v) is 7.01. The molecule has 0 fully saturated rings. The second kappa shape index (κ2) is 6.69. The molecule has 0 aliphatic rings.